The molecule has 0 saturated carbocycles. The smallest absolute Gasteiger partial charge is 0.335 e. The summed E-state index contributed by atoms with van der Waals surface area (Å²) in [5.74, 6) is -0.280. The van der Waals surface area contributed by atoms with Crippen molar-refractivity contribution in [1.82, 2.24) is 9.71 Å². The highest BCUT2D eigenvalue weighted by Gasteiger charge is 2.04. The van der Waals surface area contributed by atoms with Crippen LogP contribution in [0.4, 0.5) is 0 Å². The average molecular weight is 307 g/mol. The second-order valence-electron chi connectivity index (χ2n) is 3.75. The monoisotopic (exact) mass is 306 g/mol. The fourth-order valence-electron chi connectivity index (χ4n) is 1.54. The molecule has 3 rings (SSSR count). The van der Waals surface area contributed by atoms with E-state index in [0.29, 0.717) is 11.4 Å². The standard InChI is InChI=1S/C7H6N2O.C7H6O2.CH3Cl/c10-9-5-1-2-6-3-4-8-7(6)9;8-7(9)6-4-2-1-3-5-6;1-2/h1-5,10H;1-5H,(H,8,9);1H3. The molecular formula is C15H15ClN2O3. The molecule has 2 N–H and O–H groups in total. The number of aromatic carboxylic acids is 1. The first-order valence-electron chi connectivity index (χ1n) is 5.96. The fraction of sp³-hybridized carbons (Fsp3) is 0.0667. The van der Waals surface area contributed by atoms with Gasteiger partial charge < -0.3 is 10.3 Å². The molecule has 2 aliphatic heterocycles. The Morgan fingerprint density at radius 3 is 2.29 bits per heavy atom. The number of alkyl halides is 1. The molecule has 1 aromatic rings. The molecule has 21 heavy (non-hydrogen) atoms. The molecule has 5 nitrogen and oxygen atoms in total. The Morgan fingerprint density at radius 2 is 1.76 bits per heavy atom. The summed E-state index contributed by atoms with van der Waals surface area (Å²) in [5.41, 5.74) is 1.28. The molecule has 0 saturated heterocycles. The molecule has 0 bridgehead atoms. The first-order chi connectivity index (χ1) is 10.2. The van der Waals surface area contributed by atoms with E-state index < -0.39 is 5.97 Å². The van der Waals surface area contributed by atoms with Crippen molar-refractivity contribution in [2.75, 3.05) is 6.38 Å². The summed E-state index contributed by atoms with van der Waals surface area (Å²) in [4.78, 5) is 14.1. The molecule has 6 heteroatoms. The predicted molar refractivity (Wildman–Crippen MR) is 81.2 cm³/mol. The summed E-state index contributed by atoms with van der Waals surface area (Å²) >= 11 is 4.64. The van der Waals surface area contributed by atoms with Crippen LogP contribution < -0.4 is 0 Å². The zero-order chi connectivity index (χ0) is 15.7. The fourth-order valence-corrected chi connectivity index (χ4v) is 1.54. The zero-order valence-electron chi connectivity index (χ0n) is 11.3. The van der Waals surface area contributed by atoms with Gasteiger partial charge >= 0.3 is 5.97 Å². The summed E-state index contributed by atoms with van der Waals surface area (Å²) < 4.78 is 1.01. The van der Waals surface area contributed by atoms with Gasteiger partial charge in [-0.15, -0.1) is 11.6 Å². The maximum atomic E-state index is 10.2. The number of hydrogen-bond acceptors (Lipinski definition) is 3. The number of aromatic nitrogens is 2. The van der Waals surface area contributed by atoms with E-state index in [-0.39, 0.29) is 0 Å². The molecule has 110 valence electrons. The van der Waals surface area contributed by atoms with Crippen molar-refractivity contribution in [2.45, 2.75) is 0 Å². The molecule has 0 fully saturated rings. The predicted octanol–water partition coefficient (Wildman–Crippen LogP) is 3.47. The topological polar surface area (TPSA) is 75.3 Å². The van der Waals surface area contributed by atoms with E-state index >= 15 is 0 Å². The van der Waals surface area contributed by atoms with Crippen LogP contribution in [0.2, 0.25) is 0 Å². The highest BCUT2D eigenvalue weighted by atomic mass is 35.5. The van der Waals surface area contributed by atoms with Crippen molar-refractivity contribution in [2.24, 2.45) is 0 Å². The number of nitrogens with zero attached hydrogens (tertiary/aromatic N) is 2. The second-order valence-corrected chi connectivity index (χ2v) is 3.75. The van der Waals surface area contributed by atoms with Crippen LogP contribution in [0.5, 0.6) is 0 Å². The minimum absolute atomic E-state index is 0.331. The van der Waals surface area contributed by atoms with E-state index in [9.17, 15) is 4.79 Å². The highest BCUT2D eigenvalue weighted by molar-refractivity contribution is 6.15. The zero-order valence-corrected chi connectivity index (χ0v) is 12.1. The van der Waals surface area contributed by atoms with E-state index in [2.05, 4.69) is 16.6 Å². The van der Waals surface area contributed by atoms with Crippen molar-refractivity contribution in [3.63, 3.8) is 0 Å². The minimum Gasteiger partial charge on any atom is -0.478 e. The lowest BCUT2D eigenvalue weighted by Crippen LogP contribution is -1.96. The molecule has 0 atom stereocenters. The highest BCUT2D eigenvalue weighted by Crippen LogP contribution is 2.16. The number of rotatable bonds is 1. The third kappa shape index (κ3) is 4.81. The lowest BCUT2D eigenvalue weighted by atomic mass is 10.2. The van der Waals surface area contributed by atoms with Gasteiger partial charge in [0, 0.05) is 24.3 Å². The molecule has 0 spiro atoms. The maximum absolute atomic E-state index is 10.2. The Labute approximate surface area is 127 Å². The van der Waals surface area contributed by atoms with Gasteiger partial charge in [-0.25, -0.2) is 9.78 Å². The second kappa shape index (κ2) is 8.60. The van der Waals surface area contributed by atoms with Gasteiger partial charge in [0.05, 0.1) is 5.56 Å². The van der Waals surface area contributed by atoms with Gasteiger partial charge in [-0.1, -0.05) is 18.2 Å². The number of pyridine rings is 1. The first kappa shape index (κ1) is 16.5. The first-order valence-corrected chi connectivity index (χ1v) is 6.71. The minimum atomic E-state index is -0.879. The van der Waals surface area contributed by atoms with E-state index in [1.807, 2.05) is 12.1 Å². The average Bonchev–Trinajstić information content (AvgIpc) is 3.01. The van der Waals surface area contributed by atoms with Crippen molar-refractivity contribution >= 4 is 17.6 Å². The molecule has 0 aromatic heterocycles. The van der Waals surface area contributed by atoms with Crippen molar-refractivity contribution < 1.29 is 15.1 Å². The third-order valence-corrected chi connectivity index (χ3v) is 2.45. The number of carbonyl (C=O) groups is 1. The number of hydrogen-bond donors (Lipinski definition) is 2. The summed E-state index contributed by atoms with van der Waals surface area (Å²) in [6, 6.07) is 13.8. The van der Waals surface area contributed by atoms with Gasteiger partial charge in [0.1, 0.15) is 0 Å². The van der Waals surface area contributed by atoms with Crippen LogP contribution in [-0.4, -0.2) is 32.4 Å². The Hall–Kier alpha value is -2.53. The molecule has 0 aliphatic carbocycles. The summed E-state index contributed by atoms with van der Waals surface area (Å²) in [7, 11) is 0. The number of fused-ring (bicyclic) bond motifs is 1. The van der Waals surface area contributed by atoms with Gasteiger partial charge in [0.2, 0.25) is 0 Å². The van der Waals surface area contributed by atoms with Gasteiger partial charge in [-0.2, -0.15) is 4.73 Å². The number of halogens is 1. The SMILES string of the molecule is CCl.O=C(O)c1ccccc1.On1cccc2ccnc1-2. The third-order valence-electron chi connectivity index (χ3n) is 2.45. The summed E-state index contributed by atoms with van der Waals surface area (Å²) in [5, 5.41) is 17.5. The van der Waals surface area contributed by atoms with E-state index in [1.165, 1.54) is 6.38 Å². The quantitative estimate of drug-likeness (QED) is 0.533. The lowest BCUT2D eigenvalue weighted by Gasteiger charge is -2.00. The van der Waals surface area contributed by atoms with Crippen LogP contribution in [0.1, 0.15) is 10.4 Å². The Kier molecular flexibility index (Phi) is 6.77. The number of benzene rings is 1. The van der Waals surface area contributed by atoms with E-state index in [0.717, 1.165) is 10.3 Å². The summed E-state index contributed by atoms with van der Waals surface area (Å²) in [6.07, 6.45) is 4.69. The maximum Gasteiger partial charge on any atom is 0.335 e. The number of carboxylic acid groups (broad SMARTS) is 1. The Morgan fingerprint density at radius 1 is 1.10 bits per heavy atom. The number of carboxylic acids is 1. The van der Waals surface area contributed by atoms with Crippen molar-refractivity contribution in [1.29, 1.82) is 0 Å². The Bertz CT molecular complexity index is 640. The van der Waals surface area contributed by atoms with E-state index in [1.54, 1.807) is 48.8 Å². The van der Waals surface area contributed by atoms with Gasteiger partial charge in [-0.3, -0.25) is 0 Å². The molecule has 2 aliphatic rings. The molecule has 0 unspecified atom stereocenters. The molecule has 0 amide bonds. The van der Waals surface area contributed by atoms with Gasteiger partial charge in [0.15, 0.2) is 5.82 Å². The molecule has 2 heterocycles. The van der Waals surface area contributed by atoms with Crippen LogP contribution in [0.3, 0.4) is 0 Å². The molecule has 1 aromatic carbocycles. The van der Waals surface area contributed by atoms with Crippen LogP contribution >= 0.6 is 11.6 Å². The van der Waals surface area contributed by atoms with Crippen LogP contribution in [0.15, 0.2) is 60.9 Å². The molecular weight excluding hydrogens is 292 g/mol. The van der Waals surface area contributed by atoms with Gasteiger partial charge in [0.25, 0.3) is 0 Å². The molecule has 0 radical (unpaired) electrons. The lowest BCUT2D eigenvalue weighted by molar-refractivity contribution is 0.0697. The van der Waals surface area contributed by atoms with Crippen molar-refractivity contribution in [3.05, 3.63) is 66.5 Å². The van der Waals surface area contributed by atoms with Gasteiger partial charge in [-0.05, 0) is 30.3 Å². The van der Waals surface area contributed by atoms with Crippen LogP contribution in [0, 0.1) is 0 Å². The van der Waals surface area contributed by atoms with E-state index in [4.69, 9.17) is 10.3 Å². The largest absolute Gasteiger partial charge is 0.478 e. The Balaban J connectivity index is 0.000000189. The van der Waals surface area contributed by atoms with Crippen LogP contribution in [-0.2, 0) is 0 Å². The van der Waals surface area contributed by atoms with Crippen LogP contribution in [0.25, 0.3) is 11.4 Å². The summed E-state index contributed by atoms with van der Waals surface area (Å²) in [6.45, 7) is 0. The normalized spacial score (nSPS) is 9.05. The van der Waals surface area contributed by atoms with Crippen molar-refractivity contribution in [3.8, 4) is 11.4 Å².